The SMILES string of the molecule is C1=C2NCCNC2=CNC1. The molecule has 54 valence electrons. The molecule has 0 atom stereocenters. The molecule has 2 rings (SSSR count). The molecule has 3 nitrogen and oxygen atoms in total. The highest BCUT2D eigenvalue weighted by atomic mass is 15.1. The highest BCUT2D eigenvalue weighted by Crippen LogP contribution is 2.07. The molecule has 0 amide bonds. The zero-order valence-corrected chi connectivity index (χ0v) is 5.78. The molecule has 1 fully saturated rings. The second-order valence-electron chi connectivity index (χ2n) is 2.44. The zero-order chi connectivity index (χ0) is 6.81. The van der Waals surface area contributed by atoms with Crippen LogP contribution in [0.5, 0.6) is 0 Å². The predicted octanol–water partition coefficient (Wildman–Crippen LogP) is -0.492. The summed E-state index contributed by atoms with van der Waals surface area (Å²) in [5.41, 5.74) is 2.43. The first-order valence-electron chi connectivity index (χ1n) is 3.58. The van der Waals surface area contributed by atoms with E-state index >= 15 is 0 Å². The Bertz CT molecular complexity index is 171. The Labute approximate surface area is 60.2 Å². The Kier molecular flexibility index (Phi) is 1.27. The summed E-state index contributed by atoms with van der Waals surface area (Å²) in [4.78, 5) is 0. The molecule has 2 aliphatic rings. The molecular formula is C7H11N3. The summed E-state index contributed by atoms with van der Waals surface area (Å²) >= 11 is 0. The van der Waals surface area contributed by atoms with Gasteiger partial charge in [-0.25, -0.2) is 0 Å². The van der Waals surface area contributed by atoms with E-state index in [2.05, 4.69) is 22.0 Å². The van der Waals surface area contributed by atoms with Crippen molar-refractivity contribution < 1.29 is 0 Å². The van der Waals surface area contributed by atoms with Gasteiger partial charge in [-0.05, 0) is 6.08 Å². The lowest BCUT2D eigenvalue weighted by molar-refractivity contribution is 0.639. The molecule has 0 spiro atoms. The van der Waals surface area contributed by atoms with Gasteiger partial charge in [-0.2, -0.15) is 0 Å². The van der Waals surface area contributed by atoms with Crippen molar-refractivity contribution in [3.05, 3.63) is 23.7 Å². The fourth-order valence-electron chi connectivity index (χ4n) is 1.22. The smallest absolute Gasteiger partial charge is 0.0733 e. The lowest BCUT2D eigenvalue weighted by Gasteiger charge is -2.24. The fraction of sp³-hybridized carbons (Fsp3) is 0.429. The number of hydrogen-bond donors (Lipinski definition) is 3. The monoisotopic (exact) mass is 137 g/mol. The Morgan fingerprint density at radius 3 is 2.70 bits per heavy atom. The van der Waals surface area contributed by atoms with Crippen LogP contribution in [0.3, 0.4) is 0 Å². The van der Waals surface area contributed by atoms with E-state index in [0.717, 1.165) is 19.6 Å². The second kappa shape index (κ2) is 2.25. The van der Waals surface area contributed by atoms with Gasteiger partial charge in [0.2, 0.25) is 0 Å². The van der Waals surface area contributed by atoms with Crippen molar-refractivity contribution in [2.45, 2.75) is 0 Å². The van der Waals surface area contributed by atoms with E-state index in [4.69, 9.17) is 0 Å². The van der Waals surface area contributed by atoms with Crippen molar-refractivity contribution in [3.8, 4) is 0 Å². The van der Waals surface area contributed by atoms with E-state index in [9.17, 15) is 0 Å². The van der Waals surface area contributed by atoms with E-state index in [1.165, 1.54) is 11.4 Å². The molecule has 3 heteroatoms. The average molecular weight is 137 g/mol. The van der Waals surface area contributed by atoms with Crippen LogP contribution < -0.4 is 16.0 Å². The lowest BCUT2D eigenvalue weighted by Crippen LogP contribution is -2.39. The van der Waals surface area contributed by atoms with Crippen LogP contribution >= 0.6 is 0 Å². The number of dihydropyridines is 1. The minimum Gasteiger partial charge on any atom is -0.386 e. The summed E-state index contributed by atoms with van der Waals surface area (Å²) in [5.74, 6) is 0. The summed E-state index contributed by atoms with van der Waals surface area (Å²) in [6.45, 7) is 2.99. The maximum atomic E-state index is 3.31. The van der Waals surface area contributed by atoms with Gasteiger partial charge in [0.05, 0.1) is 11.4 Å². The van der Waals surface area contributed by atoms with Crippen molar-refractivity contribution in [1.82, 2.24) is 16.0 Å². The van der Waals surface area contributed by atoms with Gasteiger partial charge in [-0.1, -0.05) is 0 Å². The minimum atomic E-state index is 0.938. The van der Waals surface area contributed by atoms with Gasteiger partial charge in [-0.15, -0.1) is 0 Å². The first-order valence-corrected chi connectivity index (χ1v) is 3.58. The molecule has 10 heavy (non-hydrogen) atoms. The van der Waals surface area contributed by atoms with Gasteiger partial charge in [-0.3, -0.25) is 0 Å². The summed E-state index contributed by atoms with van der Waals surface area (Å²) in [5, 5.41) is 9.74. The number of nitrogens with one attached hydrogen (secondary N) is 3. The van der Waals surface area contributed by atoms with E-state index in [1.807, 2.05) is 6.20 Å². The summed E-state index contributed by atoms with van der Waals surface area (Å²) in [6, 6.07) is 0. The predicted molar refractivity (Wildman–Crippen MR) is 40.2 cm³/mol. The molecule has 0 unspecified atom stereocenters. The van der Waals surface area contributed by atoms with Crippen LogP contribution in [0.25, 0.3) is 0 Å². The number of rotatable bonds is 0. The van der Waals surface area contributed by atoms with Crippen LogP contribution in [0.2, 0.25) is 0 Å². The first kappa shape index (κ1) is 5.65. The van der Waals surface area contributed by atoms with Gasteiger partial charge in [0.1, 0.15) is 0 Å². The Morgan fingerprint density at radius 1 is 1.10 bits per heavy atom. The third kappa shape index (κ3) is 0.835. The highest BCUT2D eigenvalue weighted by molar-refractivity contribution is 5.32. The molecule has 2 heterocycles. The van der Waals surface area contributed by atoms with Crippen molar-refractivity contribution in [1.29, 1.82) is 0 Å². The maximum Gasteiger partial charge on any atom is 0.0733 e. The Morgan fingerprint density at radius 2 is 1.90 bits per heavy atom. The van der Waals surface area contributed by atoms with E-state index in [1.54, 1.807) is 0 Å². The molecule has 0 saturated carbocycles. The number of piperazine rings is 1. The Hall–Kier alpha value is -1.12. The summed E-state index contributed by atoms with van der Waals surface area (Å²) < 4.78 is 0. The third-order valence-corrected chi connectivity index (χ3v) is 1.72. The molecule has 2 aliphatic heterocycles. The second-order valence-corrected chi connectivity index (χ2v) is 2.44. The largest absolute Gasteiger partial charge is 0.386 e. The van der Waals surface area contributed by atoms with Crippen LogP contribution in [0.1, 0.15) is 0 Å². The van der Waals surface area contributed by atoms with Crippen LogP contribution in [0, 0.1) is 0 Å². The normalized spacial score (nSPS) is 22.4. The van der Waals surface area contributed by atoms with Gasteiger partial charge >= 0.3 is 0 Å². The van der Waals surface area contributed by atoms with Gasteiger partial charge in [0.15, 0.2) is 0 Å². The molecule has 3 N–H and O–H groups in total. The van der Waals surface area contributed by atoms with E-state index in [0.29, 0.717) is 0 Å². The van der Waals surface area contributed by atoms with Crippen LogP contribution in [0.15, 0.2) is 23.7 Å². The standard InChI is InChI=1S/C7H11N3/c1-2-8-5-7-6(1)9-3-4-10-7/h1,5,8-10H,2-4H2. The first-order chi connectivity index (χ1) is 4.97. The highest BCUT2D eigenvalue weighted by Gasteiger charge is 2.10. The number of hydrogen-bond acceptors (Lipinski definition) is 3. The fourth-order valence-corrected chi connectivity index (χ4v) is 1.22. The lowest BCUT2D eigenvalue weighted by atomic mass is 10.2. The maximum absolute atomic E-state index is 3.31. The van der Waals surface area contributed by atoms with Crippen LogP contribution in [-0.4, -0.2) is 19.6 Å². The molecule has 0 aliphatic carbocycles. The molecular weight excluding hydrogens is 126 g/mol. The molecule has 0 aromatic rings. The zero-order valence-electron chi connectivity index (χ0n) is 5.78. The topological polar surface area (TPSA) is 36.1 Å². The number of fused-ring (bicyclic) bond motifs is 1. The quantitative estimate of drug-likeness (QED) is 0.421. The van der Waals surface area contributed by atoms with E-state index < -0.39 is 0 Å². The van der Waals surface area contributed by atoms with Crippen molar-refractivity contribution in [2.24, 2.45) is 0 Å². The molecule has 0 aromatic carbocycles. The Balaban J connectivity index is 2.19. The third-order valence-electron chi connectivity index (χ3n) is 1.72. The van der Waals surface area contributed by atoms with Crippen molar-refractivity contribution in [3.63, 3.8) is 0 Å². The van der Waals surface area contributed by atoms with Gasteiger partial charge < -0.3 is 16.0 Å². The molecule has 1 saturated heterocycles. The van der Waals surface area contributed by atoms with Gasteiger partial charge in [0, 0.05) is 25.8 Å². The van der Waals surface area contributed by atoms with Crippen molar-refractivity contribution in [2.75, 3.05) is 19.6 Å². The van der Waals surface area contributed by atoms with Crippen LogP contribution in [-0.2, 0) is 0 Å². The molecule has 0 aromatic heterocycles. The summed E-state index contributed by atoms with van der Waals surface area (Å²) in [6.07, 6.45) is 4.17. The van der Waals surface area contributed by atoms with Gasteiger partial charge in [0.25, 0.3) is 0 Å². The van der Waals surface area contributed by atoms with Crippen LogP contribution in [0.4, 0.5) is 0 Å². The minimum absolute atomic E-state index is 0.938. The molecule has 0 radical (unpaired) electrons. The summed E-state index contributed by atoms with van der Waals surface area (Å²) in [7, 11) is 0. The molecule has 0 bridgehead atoms. The average Bonchev–Trinajstić information content (AvgIpc) is 2.05. The van der Waals surface area contributed by atoms with Crippen molar-refractivity contribution >= 4 is 0 Å². The van der Waals surface area contributed by atoms with E-state index in [-0.39, 0.29) is 0 Å².